The summed E-state index contributed by atoms with van der Waals surface area (Å²) in [4.78, 5) is 12.2. The van der Waals surface area contributed by atoms with Crippen molar-refractivity contribution < 1.29 is 22.7 Å². The van der Waals surface area contributed by atoms with Crippen LogP contribution in [0.1, 0.15) is 11.1 Å². The molecule has 8 heteroatoms. The molecule has 0 bridgehead atoms. The number of nitriles is 1. The number of rotatable bonds is 4. The van der Waals surface area contributed by atoms with Gasteiger partial charge in [0.05, 0.1) is 23.4 Å². The van der Waals surface area contributed by atoms with Gasteiger partial charge in [-0.15, -0.1) is 0 Å². The first-order chi connectivity index (χ1) is 12.2. The van der Waals surface area contributed by atoms with Gasteiger partial charge in [0.25, 0.3) is 5.91 Å². The van der Waals surface area contributed by atoms with Gasteiger partial charge in [-0.25, -0.2) is 0 Å². The van der Waals surface area contributed by atoms with E-state index in [1.807, 2.05) is 0 Å². The molecule has 1 N–H and O–H groups in total. The summed E-state index contributed by atoms with van der Waals surface area (Å²) in [6, 6.07) is 10.8. The van der Waals surface area contributed by atoms with E-state index in [2.05, 4.69) is 5.32 Å². The van der Waals surface area contributed by atoms with Crippen LogP contribution in [0.25, 0.3) is 6.08 Å². The minimum atomic E-state index is -4.58. The Kier molecular flexibility index (Phi) is 5.90. The molecule has 0 aliphatic rings. The summed E-state index contributed by atoms with van der Waals surface area (Å²) >= 11 is 5.84. The molecule has 0 aromatic heterocycles. The zero-order chi connectivity index (χ0) is 19.3. The third-order valence-corrected chi connectivity index (χ3v) is 3.64. The van der Waals surface area contributed by atoms with Gasteiger partial charge >= 0.3 is 6.18 Å². The lowest BCUT2D eigenvalue weighted by molar-refractivity contribution is -0.137. The van der Waals surface area contributed by atoms with Crippen LogP contribution in [0.3, 0.4) is 0 Å². The number of carbonyl (C=O) groups excluding carboxylic acids is 1. The Labute approximate surface area is 152 Å². The summed E-state index contributed by atoms with van der Waals surface area (Å²) in [5.41, 5.74) is -0.983. The zero-order valence-electron chi connectivity index (χ0n) is 13.4. The minimum absolute atomic E-state index is 0.0787. The lowest BCUT2D eigenvalue weighted by Gasteiger charge is -2.11. The van der Waals surface area contributed by atoms with Crippen LogP contribution in [0.2, 0.25) is 5.02 Å². The van der Waals surface area contributed by atoms with Crippen molar-refractivity contribution in [3.05, 3.63) is 64.2 Å². The molecule has 0 unspecified atom stereocenters. The van der Waals surface area contributed by atoms with E-state index in [-0.39, 0.29) is 16.3 Å². The van der Waals surface area contributed by atoms with Crippen molar-refractivity contribution in [2.75, 3.05) is 12.4 Å². The Morgan fingerprint density at radius 2 is 2.00 bits per heavy atom. The Hall–Kier alpha value is -2.98. The Morgan fingerprint density at radius 1 is 1.27 bits per heavy atom. The first-order valence-electron chi connectivity index (χ1n) is 7.18. The number of halogens is 4. The fraction of sp³-hybridized carbons (Fsp3) is 0.111. The van der Waals surface area contributed by atoms with Crippen molar-refractivity contribution in [2.45, 2.75) is 6.18 Å². The van der Waals surface area contributed by atoms with Crippen LogP contribution < -0.4 is 10.1 Å². The molecule has 26 heavy (non-hydrogen) atoms. The van der Waals surface area contributed by atoms with E-state index in [0.717, 1.165) is 12.1 Å². The van der Waals surface area contributed by atoms with E-state index in [4.69, 9.17) is 16.3 Å². The highest BCUT2D eigenvalue weighted by atomic mass is 35.5. The fourth-order valence-corrected chi connectivity index (χ4v) is 2.20. The predicted molar refractivity (Wildman–Crippen MR) is 91.7 cm³/mol. The summed E-state index contributed by atoms with van der Waals surface area (Å²) in [5, 5.41) is 11.3. The van der Waals surface area contributed by atoms with Crippen LogP contribution in [0.4, 0.5) is 18.9 Å². The van der Waals surface area contributed by atoms with Gasteiger partial charge in [-0.05, 0) is 42.0 Å². The topological polar surface area (TPSA) is 62.1 Å². The van der Waals surface area contributed by atoms with Gasteiger partial charge in [0.15, 0.2) is 0 Å². The molecule has 0 saturated carbocycles. The first kappa shape index (κ1) is 19.3. The summed E-state index contributed by atoms with van der Waals surface area (Å²) in [5.74, 6) is -0.353. The van der Waals surface area contributed by atoms with Crippen molar-refractivity contribution in [1.29, 1.82) is 5.26 Å². The standard InChI is InChI=1S/C18H12ClF3N2O2/c1-26-14-4-2-3-11(8-14)7-12(10-23)17(25)24-16-9-13(18(20,21)22)5-6-15(16)19/h2-9H,1H3,(H,24,25). The molecule has 0 spiro atoms. The minimum Gasteiger partial charge on any atom is -0.497 e. The monoisotopic (exact) mass is 380 g/mol. The highest BCUT2D eigenvalue weighted by molar-refractivity contribution is 6.34. The van der Waals surface area contributed by atoms with Gasteiger partial charge in [-0.1, -0.05) is 23.7 Å². The molecule has 0 heterocycles. The predicted octanol–water partition coefficient (Wildman–Crippen LogP) is 4.91. The van der Waals surface area contributed by atoms with E-state index >= 15 is 0 Å². The van der Waals surface area contributed by atoms with Crippen molar-refractivity contribution in [3.8, 4) is 11.8 Å². The van der Waals surface area contributed by atoms with Crippen molar-refractivity contribution in [2.24, 2.45) is 0 Å². The maximum atomic E-state index is 12.8. The summed E-state index contributed by atoms with van der Waals surface area (Å²) < 4.78 is 43.4. The molecule has 2 rings (SSSR count). The molecule has 4 nitrogen and oxygen atoms in total. The Bertz CT molecular complexity index is 902. The van der Waals surface area contributed by atoms with Crippen LogP contribution >= 0.6 is 11.6 Å². The van der Waals surface area contributed by atoms with Gasteiger partial charge in [0.2, 0.25) is 0 Å². The number of ether oxygens (including phenoxy) is 1. The molecular weight excluding hydrogens is 369 g/mol. The van der Waals surface area contributed by atoms with Crippen molar-refractivity contribution >= 4 is 29.3 Å². The van der Waals surface area contributed by atoms with Crippen LogP contribution in [0.5, 0.6) is 5.75 Å². The molecule has 0 saturated heterocycles. The molecule has 2 aromatic carbocycles. The van der Waals surface area contributed by atoms with Crippen molar-refractivity contribution in [3.63, 3.8) is 0 Å². The maximum absolute atomic E-state index is 12.8. The third kappa shape index (κ3) is 4.77. The lowest BCUT2D eigenvalue weighted by Crippen LogP contribution is -2.15. The molecular formula is C18H12ClF3N2O2. The Balaban J connectivity index is 2.30. The molecule has 1 amide bonds. The number of amides is 1. The molecule has 0 atom stereocenters. The maximum Gasteiger partial charge on any atom is 0.416 e. The van der Waals surface area contributed by atoms with Gasteiger partial charge < -0.3 is 10.1 Å². The molecule has 134 valence electrons. The third-order valence-electron chi connectivity index (χ3n) is 3.31. The van der Waals surface area contributed by atoms with Gasteiger partial charge in [0, 0.05) is 0 Å². The van der Waals surface area contributed by atoms with Crippen molar-refractivity contribution in [1.82, 2.24) is 0 Å². The smallest absolute Gasteiger partial charge is 0.416 e. The summed E-state index contributed by atoms with van der Waals surface area (Å²) in [6.45, 7) is 0. The van der Waals surface area contributed by atoms with Crippen LogP contribution in [-0.2, 0) is 11.0 Å². The summed E-state index contributed by atoms with van der Waals surface area (Å²) in [7, 11) is 1.47. The number of alkyl halides is 3. The first-order valence-corrected chi connectivity index (χ1v) is 7.56. The van der Waals surface area contributed by atoms with Crippen LogP contribution in [0.15, 0.2) is 48.0 Å². The fourth-order valence-electron chi connectivity index (χ4n) is 2.03. The van der Waals surface area contributed by atoms with E-state index in [0.29, 0.717) is 17.4 Å². The molecule has 2 aromatic rings. The highest BCUT2D eigenvalue weighted by Crippen LogP contribution is 2.34. The van der Waals surface area contributed by atoms with E-state index in [9.17, 15) is 23.2 Å². The SMILES string of the molecule is COc1cccc(C=C(C#N)C(=O)Nc2cc(C(F)(F)F)ccc2Cl)c1. The van der Waals surface area contributed by atoms with E-state index in [1.165, 1.54) is 13.2 Å². The van der Waals surface area contributed by atoms with Gasteiger partial charge in [0.1, 0.15) is 17.4 Å². The highest BCUT2D eigenvalue weighted by Gasteiger charge is 2.31. The second-order valence-corrected chi connectivity index (χ2v) is 5.50. The second kappa shape index (κ2) is 7.93. The normalized spacial score (nSPS) is 11.6. The molecule has 0 aliphatic carbocycles. The average Bonchev–Trinajstić information content (AvgIpc) is 2.60. The molecule has 0 fully saturated rings. The quantitative estimate of drug-likeness (QED) is 0.605. The number of carbonyl (C=O) groups is 1. The van der Waals surface area contributed by atoms with Gasteiger partial charge in [-0.2, -0.15) is 18.4 Å². The van der Waals surface area contributed by atoms with Crippen LogP contribution in [-0.4, -0.2) is 13.0 Å². The zero-order valence-corrected chi connectivity index (χ0v) is 14.2. The van der Waals surface area contributed by atoms with E-state index in [1.54, 1.807) is 30.3 Å². The Morgan fingerprint density at radius 3 is 2.62 bits per heavy atom. The number of anilines is 1. The number of hydrogen-bond donors (Lipinski definition) is 1. The largest absolute Gasteiger partial charge is 0.497 e. The second-order valence-electron chi connectivity index (χ2n) is 5.09. The number of methoxy groups -OCH3 is 1. The molecule has 0 aliphatic heterocycles. The lowest BCUT2D eigenvalue weighted by atomic mass is 10.1. The number of hydrogen-bond acceptors (Lipinski definition) is 3. The number of benzene rings is 2. The van der Waals surface area contributed by atoms with Crippen LogP contribution in [0, 0.1) is 11.3 Å². The van der Waals surface area contributed by atoms with Gasteiger partial charge in [-0.3, -0.25) is 4.79 Å². The average molecular weight is 381 g/mol. The van der Waals surface area contributed by atoms with E-state index < -0.39 is 17.6 Å². The summed E-state index contributed by atoms with van der Waals surface area (Å²) in [6.07, 6.45) is -3.29. The molecule has 0 radical (unpaired) electrons. The number of nitrogens with one attached hydrogen (secondary N) is 1. The number of nitrogens with zero attached hydrogens (tertiary/aromatic N) is 1.